The lowest BCUT2D eigenvalue weighted by Crippen LogP contribution is -2.48. The van der Waals surface area contributed by atoms with E-state index in [1.807, 2.05) is 0 Å². The van der Waals surface area contributed by atoms with Gasteiger partial charge in [0.2, 0.25) is 0 Å². The van der Waals surface area contributed by atoms with E-state index in [-0.39, 0.29) is 0 Å². The summed E-state index contributed by atoms with van der Waals surface area (Å²) in [7, 11) is 0. The van der Waals surface area contributed by atoms with Crippen LogP contribution in [0.1, 0.15) is 32.6 Å². The lowest BCUT2D eigenvalue weighted by Gasteiger charge is -2.35. The van der Waals surface area contributed by atoms with Gasteiger partial charge in [0.1, 0.15) is 0 Å². The zero-order valence-electron chi connectivity index (χ0n) is 10.6. The minimum Gasteiger partial charge on any atom is -0.381 e. The molecule has 2 aliphatic rings. The number of ether oxygens (including phenoxy) is 1. The molecule has 0 aromatic rings. The van der Waals surface area contributed by atoms with Crippen LogP contribution < -0.4 is 5.32 Å². The van der Waals surface area contributed by atoms with Gasteiger partial charge in [-0.05, 0) is 44.7 Å². The first kappa shape index (κ1) is 12.3. The maximum Gasteiger partial charge on any atom is 0.0507 e. The predicted octanol–water partition coefficient (Wildman–Crippen LogP) is 1.49. The Morgan fingerprint density at radius 1 is 1.38 bits per heavy atom. The van der Waals surface area contributed by atoms with Crippen molar-refractivity contribution in [3.8, 4) is 0 Å². The number of nitrogens with zero attached hydrogens (tertiary/aromatic N) is 1. The van der Waals surface area contributed by atoms with Gasteiger partial charge >= 0.3 is 0 Å². The van der Waals surface area contributed by atoms with Gasteiger partial charge in [0.25, 0.3) is 0 Å². The second-order valence-corrected chi connectivity index (χ2v) is 5.22. The van der Waals surface area contributed by atoms with Gasteiger partial charge in [-0.15, -0.1) is 0 Å². The Morgan fingerprint density at radius 3 is 2.94 bits per heavy atom. The van der Waals surface area contributed by atoms with Gasteiger partial charge < -0.3 is 10.1 Å². The van der Waals surface area contributed by atoms with Gasteiger partial charge in [-0.1, -0.05) is 6.92 Å². The van der Waals surface area contributed by atoms with Crippen LogP contribution >= 0.6 is 0 Å². The molecule has 2 heterocycles. The standard InChI is InChI=1S/C13H26N2O/c1-2-7-15(10-12-5-8-16-11-12)13-4-3-6-14-9-13/h12-14H,2-11H2,1H3. The molecule has 0 aliphatic carbocycles. The lowest BCUT2D eigenvalue weighted by molar-refractivity contribution is 0.127. The fourth-order valence-electron chi connectivity index (χ4n) is 2.91. The fourth-order valence-corrected chi connectivity index (χ4v) is 2.91. The molecular weight excluding hydrogens is 200 g/mol. The number of nitrogens with one attached hydrogen (secondary N) is 1. The second kappa shape index (κ2) is 6.58. The molecule has 0 aromatic carbocycles. The first-order valence-corrected chi connectivity index (χ1v) is 6.92. The molecule has 2 saturated heterocycles. The van der Waals surface area contributed by atoms with E-state index in [2.05, 4.69) is 17.1 Å². The minimum atomic E-state index is 0.772. The molecule has 2 rings (SSSR count). The first-order valence-electron chi connectivity index (χ1n) is 6.92. The van der Waals surface area contributed by atoms with Gasteiger partial charge in [0, 0.05) is 25.7 Å². The van der Waals surface area contributed by atoms with Crippen molar-refractivity contribution >= 4 is 0 Å². The van der Waals surface area contributed by atoms with Crippen molar-refractivity contribution in [2.45, 2.75) is 38.6 Å². The number of hydrogen-bond donors (Lipinski definition) is 1. The number of piperidine rings is 1. The third-order valence-electron chi connectivity index (χ3n) is 3.81. The van der Waals surface area contributed by atoms with Crippen molar-refractivity contribution in [3.05, 3.63) is 0 Å². The van der Waals surface area contributed by atoms with Gasteiger partial charge in [-0.25, -0.2) is 0 Å². The molecule has 3 heteroatoms. The summed E-state index contributed by atoms with van der Waals surface area (Å²) < 4.78 is 5.48. The molecule has 0 saturated carbocycles. The fraction of sp³-hybridized carbons (Fsp3) is 1.00. The Bertz CT molecular complexity index is 186. The highest BCUT2D eigenvalue weighted by Crippen LogP contribution is 2.18. The van der Waals surface area contributed by atoms with Crippen LogP contribution in [0, 0.1) is 5.92 Å². The summed E-state index contributed by atoms with van der Waals surface area (Å²) in [6, 6.07) is 0.772. The molecule has 0 spiro atoms. The normalized spacial score (nSPS) is 31.1. The molecule has 2 fully saturated rings. The van der Waals surface area contributed by atoms with E-state index < -0.39 is 0 Å². The van der Waals surface area contributed by atoms with E-state index in [0.29, 0.717) is 0 Å². The molecule has 0 aromatic heterocycles. The third kappa shape index (κ3) is 3.44. The molecule has 0 bridgehead atoms. The van der Waals surface area contributed by atoms with Gasteiger partial charge in [-0.2, -0.15) is 0 Å². The Balaban J connectivity index is 1.82. The van der Waals surface area contributed by atoms with Crippen molar-refractivity contribution in [2.75, 3.05) is 39.4 Å². The average Bonchev–Trinajstić information content (AvgIpc) is 2.83. The van der Waals surface area contributed by atoms with Gasteiger partial charge in [0.15, 0.2) is 0 Å². The lowest BCUT2D eigenvalue weighted by atomic mass is 10.0. The van der Waals surface area contributed by atoms with Crippen LogP contribution in [0.3, 0.4) is 0 Å². The van der Waals surface area contributed by atoms with Crippen LogP contribution in [0.2, 0.25) is 0 Å². The van der Waals surface area contributed by atoms with E-state index in [0.717, 1.165) is 25.2 Å². The molecule has 0 radical (unpaired) electrons. The van der Waals surface area contributed by atoms with Crippen LogP contribution in [0.5, 0.6) is 0 Å². The van der Waals surface area contributed by atoms with E-state index in [1.54, 1.807) is 0 Å². The van der Waals surface area contributed by atoms with Crippen LogP contribution in [0.25, 0.3) is 0 Å². The summed E-state index contributed by atoms with van der Waals surface area (Å²) in [5.74, 6) is 0.786. The summed E-state index contributed by atoms with van der Waals surface area (Å²) >= 11 is 0. The Morgan fingerprint density at radius 2 is 2.31 bits per heavy atom. The summed E-state index contributed by atoms with van der Waals surface area (Å²) in [5.41, 5.74) is 0. The maximum absolute atomic E-state index is 5.48. The van der Waals surface area contributed by atoms with Gasteiger partial charge in [0.05, 0.1) is 6.61 Å². The van der Waals surface area contributed by atoms with E-state index in [9.17, 15) is 0 Å². The quantitative estimate of drug-likeness (QED) is 0.768. The third-order valence-corrected chi connectivity index (χ3v) is 3.81. The van der Waals surface area contributed by atoms with E-state index >= 15 is 0 Å². The molecular formula is C13H26N2O. The molecule has 94 valence electrons. The predicted molar refractivity (Wildman–Crippen MR) is 66.7 cm³/mol. The zero-order valence-corrected chi connectivity index (χ0v) is 10.6. The summed E-state index contributed by atoms with van der Waals surface area (Å²) in [6.07, 6.45) is 5.25. The van der Waals surface area contributed by atoms with Crippen LogP contribution in [-0.2, 0) is 4.74 Å². The maximum atomic E-state index is 5.48. The SMILES string of the molecule is CCCN(CC1CCOC1)C1CCCNC1. The molecule has 0 amide bonds. The van der Waals surface area contributed by atoms with E-state index in [1.165, 1.54) is 51.9 Å². The number of hydrogen-bond acceptors (Lipinski definition) is 3. The highest BCUT2D eigenvalue weighted by molar-refractivity contribution is 4.80. The largest absolute Gasteiger partial charge is 0.381 e. The smallest absolute Gasteiger partial charge is 0.0507 e. The highest BCUT2D eigenvalue weighted by Gasteiger charge is 2.24. The monoisotopic (exact) mass is 226 g/mol. The van der Waals surface area contributed by atoms with E-state index in [4.69, 9.17) is 4.74 Å². The van der Waals surface area contributed by atoms with Gasteiger partial charge in [-0.3, -0.25) is 4.90 Å². The molecule has 16 heavy (non-hydrogen) atoms. The Kier molecular flexibility index (Phi) is 5.07. The minimum absolute atomic E-state index is 0.772. The Labute approximate surface area is 99.5 Å². The van der Waals surface area contributed by atoms with Crippen molar-refractivity contribution in [2.24, 2.45) is 5.92 Å². The molecule has 2 unspecified atom stereocenters. The second-order valence-electron chi connectivity index (χ2n) is 5.22. The number of rotatable bonds is 5. The molecule has 3 nitrogen and oxygen atoms in total. The van der Waals surface area contributed by atoms with Crippen molar-refractivity contribution < 1.29 is 4.74 Å². The highest BCUT2D eigenvalue weighted by atomic mass is 16.5. The van der Waals surface area contributed by atoms with Crippen molar-refractivity contribution in [1.29, 1.82) is 0 Å². The average molecular weight is 226 g/mol. The molecule has 2 atom stereocenters. The van der Waals surface area contributed by atoms with Crippen LogP contribution in [0.15, 0.2) is 0 Å². The summed E-state index contributed by atoms with van der Waals surface area (Å²) in [5, 5.41) is 3.53. The van der Waals surface area contributed by atoms with Crippen molar-refractivity contribution in [1.82, 2.24) is 10.2 Å². The zero-order chi connectivity index (χ0) is 11.2. The summed E-state index contributed by atoms with van der Waals surface area (Å²) in [4.78, 5) is 2.70. The molecule has 2 aliphatic heterocycles. The first-order chi connectivity index (χ1) is 7.90. The molecule has 1 N–H and O–H groups in total. The summed E-state index contributed by atoms with van der Waals surface area (Å²) in [6.45, 7) is 9.15. The Hall–Kier alpha value is -0.120. The topological polar surface area (TPSA) is 24.5 Å². The van der Waals surface area contributed by atoms with Crippen LogP contribution in [0.4, 0.5) is 0 Å². The van der Waals surface area contributed by atoms with Crippen molar-refractivity contribution in [3.63, 3.8) is 0 Å². The van der Waals surface area contributed by atoms with Crippen LogP contribution in [-0.4, -0.2) is 50.3 Å².